The van der Waals surface area contributed by atoms with Crippen LogP contribution in [0.5, 0.6) is 0 Å². The van der Waals surface area contributed by atoms with Crippen molar-refractivity contribution in [2.45, 2.75) is 26.3 Å². The second kappa shape index (κ2) is 7.26. The molecule has 4 nitrogen and oxygen atoms in total. The van der Waals surface area contributed by atoms with Crippen LogP contribution in [0.2, 0.25) is 0 Å². The Kier molecular flexibility index (Phi) is 5.99. The van der Waals surface area contributed by atoms with Crippen molar-refractivity contribution in [2.24, 2.45) is 5.73 Å². The lowest BCUT2D eigenvalue weighted by Gasteiger charge is -2.31. The molecule has 1 atom stereocenters. The Bertz CT molecular complexity index is 390. The maximum absolute atomic E-state index is 12.5. The van der Waals surface area contributed by atoms with Crippen LogP contribution in [-0.2, 0) is 15.1 Å². The van der Waals surface area contributed by atoms with E-state index in [-0.39, 0.29) is 5.91 Å². The van der Waals surface area contributed by atoms with Crippen LogP contribution in [0.15, 0.2) is 30.3 Å². The number of nitrogens with zero attached hydrogens (tertiary/aromatic N) is 1. The van der Waals surface area contributed by atoms with Crippen molar-refractivity contribution in [2.75, 3.05) is 26.3 Å². The fourth-order valence-corrected chi connectivity index (χ4v) is 1.96. The number of hydrogen-bond donors (Lipinski definition) is 1. The predicted octanol–water partition coefficient (Wildman–Crippen LogP) is 1.75. The summed E-state index contributed by atoms with van der Waals surface area (Å²) in [6, 6.07) is 9.47. The lowest BCUT2D eigenvalue weighted by Crippen LogP contribution is -2.51. The average molecular weight is 264 g/mol. The largest absolute Gasteiger partial charge is 0.380 e. The summed E-state index contributed by atoms with van der Waals surface area (Å²) in [6.45, 7) is 8.05. The van der Waals surface area contributed by atoms with Gasteiger partial charge in [0, 0.05) is 19.7 Å². The fraction of sp³-hybridized carbons (Fsp3) is 0.533. The zero-order chi connectivity index (χ0) is 14.3. The highest BCUT2D eigenvalue weighted by atomic mass is 16.5. The molecule has 1 rings (SSSR count). The van der Waals surface area contributed by atoms with Gasteiger partial charge < -0.3 is 15.4 Å². The summed E-state index contributed by atoms with van der Waals surface area (Å²) in [5.74, 6) is -0.0686. The van der Waals surface area contributed by atoms with Gasteiger partial charge in [-0.2, -0.15) is 0 Å². The van der Waals surface area contributed by atoms with Crippen LogP contribution in [0, 0.1) is 0 Å². The van der Waals surface area contributed by atoms with E-state index in [0.29, 0.717) is 26.3 Å². The zero-order valence-corrected chi connectivity index (χ0v) is 12.1. The van der Waals surface area contributed by atoms with Gasteiger partial charge >= 0.3 is 0 Å². The van der Waals surface area contributed by atoms with Gasteiger partial charge in [-0.3, -0.25) is 4.79 Å². The van der Waals surface area contributed by atoms with Gasteiger partial charge in [0.05, 0.1) is 6.61 Å². The van der Waals surface area contributed by atoms with E-state index in [2.05, 4.69) is 0 Å². The number of rotatable bonds is 7. The molecule has 1 aromatic carbocycles. The van der Waals surface area contributed by atoms with Crippen LogP contribution in [0.4, 0.5) is 0 Å². The molecule has 0 spiro atoms. The van der Waals surface area contributed by atoms with Crippen LogP contribution in [0.1, 0.15) is 26.3 Å². The number of nitrogens with two attached hydrogens (primary N) is 1. The molecule has 0 radical (unpaired) electrons. The topological polar surface area (TPSA) is 55.6 Å². The minimum Gasteiger partial charge on any atom is -0.380 e. The molecule has 106 valence electrons. The Balaban J connectivity index is 2.78. The van der Waals surface area contributed by atoms with Crippen LogP contribution in [-0.4, -0.2) is 37.1 Å². The van der Waals surface area contributed by atoms with Crippen molar-refractivity contribution < 1.29 is 9.53 Å². The molecule has 0 heterocycles. The lowest BCUT2D eigenvalue weighted by molar-refractivity contribution is -0.137. The van der Waals surface area contributed by atoms with Crippen molar-refractivity contribution in [3.05, 3.63) is 35.9 Å². The van der Waals surface area contributed by atoms with Crippen molar-refractivity contribution in [1.82, 2.24) is 4.90 Å². The van der Waals surface area contributed by atoms with Crippen LogP contribution < -0.4 is 5.73 Å². The molecule has 0 saturated heterocycles. The smallest absolute Gasteiger partial charge is 0.247 e. The number of likely N-dealkylation sites (N-methyl/N-ethyl adjacent to an activating group) is 1. The number of benzene rings is 1. The molecule has 0 fully saturated rings. The maximum atomic E-state index is 12.5. The van der Waals surface area contributed by atoms with Gasteiger partial charge in [0.2, 0.25) is 5.91 Å². The average Bonchev–Trinajstić information content (AvgIpc) is 2.44. The third kappa shape index (κ3) is 4.04. The monoisotopic (exact) mass is 264 g/mol. The summed E-state index contributed by atoms with van der Waals surface area (Å²) < 4.78 is 5.30. The minimum absolute atomic E-state index is 0.0686. The number of ether oxygens (including phenoxy) is 1. The van der Waals surface area contributed by atoms with Gasteiger partial charge in [-0.25, -0.2) is 0 Å². The molecule has 0 aliphatic carbocycles. The summed E-state index contributed by atoms with van der Waals surface area (Å²) in [7, 11) is 0. The van der Waals surface area contributed by atoms with Crippen molar-refractivity contribution in [3.63, 3.8) is 0 Å². The summed E-state index contributed by atoms with van der Waals surface area (Å²) in [6.07, 6.45) is 0. The molecule has 2 N–H and O–H groups in total. The molecule has 0 aromatic heterocycles. The predicted molar refractivity (Wildman–Crippen MR) is 76.7 cm³/mol. The fourth-order valence-electron chi connectivity index (χ4n) is 1.96. The molecule has 4 heteroatoms. The first kappa shape index (κ1) is 15.7. The molecule has 0 bridgehead atoms. The number of amides is 1. The standard InChI is InChI=1S/C15H24N2O2/c1-4-17(11-12-19-5-2)14(18)15(3,16)13-9-7-6-8-10-13/h6-10H,4-5,11-12,16H2,1-3H3. The van der Waals surface area contributed by atoms with Crippen molar-refractivity contribution >= 4 is 5.91 Å². The Hall–Kier alpha value is -1.39. The van der Waals surface area contributed by atoms with E-state index in [1.807, 2.05) is 44.2 Å². The van der Waals surface area contributed by atoms with Crippen LogP contribution >= 0.6 is 0 Å². The van der Waals surface area contributed by atoms with E-state index in [1.54, 1.807) is 11.8 Å². The minimum atomic E-state index is -0.997. The van der Waals surface area contributed by atoms with E-state index in [4.69, 9.17) is 10.5 Å². The van der Waals surface area contributed by atoms with E-state index < -0.39 is 5.54 Å². The zero-order valence-electron chi connectivity index (χ0n) is 12.1. The van der Waals surface area contributed by atoms with Gasteiger partial charge in [-0.05, 0) is 26.3 Å². The normalized spacial score (nSPS) is 13.9. The number of carbonyl (C=O) groups is 1. The van der Waals surface area contributed by atoms with Gasteiger partial charge in [0.25, 0.3) is 0 Å². The second-order valence-corrected chi connectivity index (χ2v) is 4.65. The van der Waals surface area contributed by atoms with E-state index >= 15 is 0 Å². The van der Waals surface area contributed by atoms with Gasteiger partial charge in [-0.1, -0.05) is 30.3 Å². The molecule has 1 unspecified atom stereocenters. The molecular weight excluding hydrogens is 240 g/mol. The van der Waals surface area contributed by atoms with Crippen LogP contribution in [0.3, 0.4) is 0 Å². The van der Waals surface area contributed by atoms with E-state index in [0.717, 1.165) is 5.56 Å². The molecule has 1 aromatic rings. The summed E-state index contributed by atoms with van der Waals surface area (Å²) in [4.78, 5) is 14.3. The van der Waals surface area contributed by atoms with E-state index in [1.165, 1.54) is 0 Å². The molecule has 19 heavy (non-hydrogen) atoms. The van der Waals surface area contributed by atoms with E-state index in [9.17, 15) is 4.79 Å². The lowest BCUT2D eigenvalue weighted by atomic mass is 9.91. The SMILES string of the molecule is CCOCCN(CC)C(=O)C(C)(N)c1ccccc1. The van der Waals surface area contributed by atoms with Gasteiger partial charge in [0.1, 0.15) is 5.54 Å². The maximum Gasteiger partial charge on any atom is 0.247 e. The first-order valence-corrected chi connectivity index (χ1v) is 6.75. The van der Waals surface area contributed by atoms with Crippen molar-refractivity contribution in [1.29, 1.82) is 0 Å². The van der Waals surface area contributed by atoms with Crippen molar-refractivity contribution in [3.8, 4) is 0 Å². The Morgan fingerprint density at radius 1 is 1.32 bits per heavy atom. The molecule has 1 amide bonds. The third-order valence-corrected chi connectivity index (χ3v) is 3.20. The first-order valence-electron chi connectivity index (χ1n) is 6.75. The summed E-state index contributed by atoms with van der Waals surface area (Å²) in [5, 5.41) is 0. The quantitative estimate of drug-likeness (QED) is 0.763. The summed E-state index contributed by atoms with van der Waals surface area (Å²) >= 11 is 0. The highest BCUT2D eigenvalue weighted by Crippen LogP contribution is 2.20. The summed E-state index contributed by atoms with van der Waals surface area (Å²) in [5.41, 5.74) is 6.06. The highest BCUT2D eigenvalue weighted by Gasteiger charge is 2.33. The number of carbonyl (C=O) groups excluding carboxylic acids is 1. The number of hydrogen-bond acceptors (Lipinski definition) is 3. The first-order chi connectivity index (χ1) is 9.04. The molecule has 0 aliphatic rings. The Morgan fingerprint density at radius 2 is 1.95 bits per heavy atom. The van der Waals surface area contributed by atoms with Gasteiger partial charge in [-0.15, -0.1) is 0 Å². The third-order valence-electron chi connectivity index (χ3n) is 3.20. The molecular formula is C15H24N2O2. The Labute approximate surface area is 115 Å². The Morgan fingerprint density at radius 3 is 2.47 bits per heavy atom. The molecule has 0 saturated carbocycles. The second-order valence-electron chi connectivity index (χ2n) is 4.65. The van der Waals surface area contributed by atoms with Gasteiger partial charge in [0.15, 0.2) is 0 Å². The highest BCUT2D eigenvalue weighted by molar-refractivity contribution is 5.87. The van der Waals surface area contributed by atoms with Crippen LogP contribution in [0.25, 0.3) is 0 Å². The molecule has 0 aliphatic heterocycles.